The number of nitrogens with one attached hydrogen (secondary N) is 3. The largest absolute Gasteiger partial charge is 0.357 e. The molecule has 0 aromatic heterocycles. The van der Waals surface area contributed by atoms with Gasteiger partial charge in [0.1, 0.15) is 0 Å². The second kappa shape index (κ2) is 12.5. The molecule has 32 heavy (non-hydrogen) atoms. The minimum absolute atomic E-state index is 0.0458. The molecule has 0 bridgehead atoms. The van der Waals surface area contributed by atoms with Gasteiger partial charge in [0.05, 0.1) is 6.54 Å². The van der Waals surface area contributed by atoms with E-state index in [9.17, 15) is 9.59 Å². The predicted molar refractivity (Wildman–Crippen MR) is 129 cm³/mol. The Bertz CT molecular complexity index is 771. The molecule has 1 aliphatic carbocycles. The van der Waals surface area contributed by atoms with Crippen LogP contribution in [0.4, 0.5) is 5.69 Å². The van der Waals surface area contributed by atoms with Crippen molar-refractivity contribution in [2.45, 2.75) is 77.8 Å². The van der Waals surface area contributed by atoms with Gasteiger partial charge in [-0.25, -0.2) is 4.99 Å². The van der Waals surface area contributed by atoms with Gasteiger partial charge < -0.3 is 20.9 Å². The molecule has 2 fully saturated rings. The van der Waals surface area contributed by atoms with E-state index in [1.54, 1.807) is 0 Å². The van der Waals surface area contributed by atoms with Crippen LogP contribution in [0.5, 0.6) is 0 Å². The van der Waals surface area contributed by atoms with Crippen molar-refractivity contribution in [1.82, 2.24) is 15.5 Å². The predicted octanol–water partition coefficient (Wildman–Crippen LogP) is 3.66. The molecule has 1 atom stereocenters. The molecular formula is C25H39N5O2. The zero-order valence-electron chi connectivity index (χ0n) is 19.7. The summed E-state index contributed by atoms with van der Waals surface area (Å²) in [4.78, 5) is 31.3. The number of carbonyl (C=O) groups excluding carboxylic acids is 2. The fraction of sp³-hybridized carbons (Fsp3) is 0.640. The zero-order valence-corrected chi connectivity index (χ0v) is 19.7. The van der Waals surface area contributed by atoms with Crippen LogP contribution in [0, 0.1) is 5.92 Å². The summed E-state index contributed by atoms with van der Waals surface area (Å²) in [5.41, 5.74) is 1.89. The molecule has 7 heteroatoms. The van der Waals surface area contributed by atoms with Gasteiger partial charge >= 0.3 is 0 Å². The summed E-state index contributed by atoms with van der Waals surface area (Å²) in [7, 11) is 0. The van der Waals surface area contributed by atoms with Crippen LogP contribution < -0.4 is 16.0 Å². The standard InChI is InChI=1S/C25H39N5O2/c1-3-8-23(31)28-21-13-11-19(12-14-21)17-27-25(26-4-2)29-22-15-16-30(18-22)24(32)20-9-6-5-7-10-20/h11-14,20,22H,3-10,15-18H2,1-2H3,(H,28,31)(H2,26,27,29). The molecule has 0 radical (unpaired) electrons. The fourth-order valence-electron chi connectivity index (χ4n) is 4.51. The first-order valence-corrected chi connectivity index (χ1v) is 12.3. The maximum absolute atomic E-state index is 12.8. The smallest absolute Gasteiger partial charge is 0.225 e. The number of hydrogen-bond donors (Lipinski definition) is 3. The Balaban J connectivity index is 1.50. The summed E-state index contributed by atoms with van der Waals surface area (Å²) in [6.07, 6.45) is 8.09. The van der Waals surface area contributed by atoms with Crippen LogP contribution in [0.1, 0.15) is 70.8 Å². The molecule has 3 rings (SSSR count). The highest BCUT2D eigenvalue weighted by Gasteiger charge is 2.31. The van der Waals surface area contributed by atoms with Crippen LogP contribution in [-0.4, -0.2) is 48.3 Å². The van der Waals surface area contributed by atoms with Gasteiger partial charge in [-0.15, -0.1) is 0 Å². The van der Waals surface area contributed by atoms with Crippen LogP contribution in [0.2, 0.25) is 0 Å². The Morgan fingerprint density at radius 1 is 1.06 bits per heavy atom. The molecule has 2 aliphatic rings. The SMILES string of the molecule is CCCC(=O)Nc1ccc(CN=C(NCC)NC2CCN(C(=O)C3CCCCC3)C2)cc1. The van der Waals surface area contributed by atoms with Gasteiger partial charge in [0.25, 0.3) is 0 Å². The Labute approximate surface area is 192 Å². The van der Waals surface area contributed by atoms with E-state index in [0.29, 0.717) is 18.9 Å². The molecule has 1 unspecified atom stereocenters. The summed E-state index contributed by atoms with van der Waals surface area (Å²) in [6.45, 7) is 6.97. The molecule has 3 N–H and O–H groups in total. The van der Waals surface area contributed by atoms with E-state index >= 15 is 0 Å². The third-order valence-electron chi connectivity index (χ3n) is 6.27. The van der Waals surface area contributed by atoms with Crippen molar-refractivity contribution in [3.05, 3.63) is 29.8 Å². The molecule has 0 spiro atoms. The first kappa shape index (κ1) is 24.1. The number of rotatable bonds is 8. The van der Waals surface area contributed by atoms with Crippen molar-refractivity contribution in [1.29, 1.82) is 0 Å². The van der Waals surface area contributed by atoms with Gasteiger partial charge in [0.2, 0.25) is 11.8 Å². The van der Waals surface area contributed by atoms with Crippen LogP contribution in [0.25, 0.3) is 0 Å². The van der Waals surface area contributed by atoms with Gasteiger partial charge in [-0.1, -0.05) is 38.3 Å². The lowest BCUT2D eigenvalue weighted by Gasteiger charge is -2.26. The summed E-state index contributed by atoms with van der Waals surface area (Å²) >= 11 is 0. The molecule has 1 aliphatic heterocycles. The lowest BCUT2D eigenvalue weighted by molar-refractivity contribution is -0.135. The van der Waals surface area contributed by atoms with Crippen LogP contribution in [-0.2, 0) is 16.1 Å². The molecule has 2 amide bonds. The molecule has 176 valence electrons. The van der Waals surface area contributed by atoms with Crippen LogP contribution in [0.15, 0.2) is 29.3 Å². The van der Waals surface area contributed by atoms with E-state index in [2.05, 4.69) is 22.9 Å². The topological polar surface area (TPSA) is 85.8 Å². The Kier molecular flexibility index (Phi) is 9.38. The minimum Gasteiger partial charge on any atom is -0.357 e. The molecule has 1 heterocycles. The zero-order chi connectivity index (χ0) is 22.8. The number of aliphatic imine (C=N–C) groups is 1. The second-order valence-corrected chi connectivity index (χ2v) is 8.94. The highest BCUT2D eigenvalue weighted by molar-refractivity contribution is 5.90. The molecule has 1 saturated carbocycles. The highest BCUT2D eigenvalue weighted by Crippen LogP contribution is 2.26. The summed E-state index contributed by atoms with van der Waals surface area (Å²) in [5, 5.41) is 9.74. The Hall–Kier alpha value is -2.57. The van der Waals surface area contributed by atoms with Gasteiger partial charge in [0.15, 0.2) is 5.96 Å². The van der Waals surface area contributed by atoms with E-state index in [4.69, 9.17) is 4.99 Å². The number of hydrogen-bond acceptors (Lipinski definition) is 3. The number of likely N-dealkylation sites (tertiary alicyclic amines) is 1. The molecule has 7 nitrogen and oxygen atoms in total. The summed E-state index contributed by atoms with van der Waals surface area (Å²) < 4.78 is 0. The third-order valence-corrected chi connectivity index (χ3v) is 6.27. The first-order valence-electron chi connectivity index (χ1n) is 12.3. The molecule has 1 aromatic rings. The van der Waals surface area contributed by atoms with Crippen molar-refractivity contribution in [3.8, 4) is 0 Å². The number of carbonyl (C=O) groups is 2. The van der Waals surface area contributed by atoms with Gasteiger partial charge in [-0.05, 0) is 50.3 Å². The fourth-order valence-corrected chi connectivity index (χ4v) is 4.51. The van der Waals surface area contributed by atoms with Crippen molar-refractivity contribution in [3.63, 3.8) is 0 Å². The van der Waals surface area contributed by atoms with Crippen molar-refractivity contribution >= 4 is 23.5 Å². The number of amides is 2. The number of anilines is 1. The average molecular weight is 442 g/mol. The number of nitrogens with zero attached hydrogens (tertiary/aromatic N) is 2. The van der Waals surface area contributed by atoms with E-state index in [-0.39, 0.29) is 17.9 Å². The highest BCUT2D eigenvalue weighted by atomic mass is 16.2. The molecular weight excluding hydrogens is 402 g/mol. The van der Waals surface area contributed by atoms with Crippen molar-refractivity contribution in [2.24, 2.45) is 10.9 Å². The quantitative estimate of drug-likeness (QED) is 0.424. The summed E-state index contributed by atoms with van der Waals surface area (Å²) in [6, 6.07) is 8.06. The lowest BCUT2D eigenvalue weighted by Crippen LogP contribution is -2.45. The maximum Gasteiger partial charge on any atom is 0.225 e. The van der Waals surface area contributed by atoms with Gasteiger partial charge in [-0.3, -0.25) is 9.59 Å². The van der Waals surface area contributed by atoms with E-state index in [1.807, 2.05) is 36.1 Å². The Morgan fingerprint density at radius 2 is 1.81 bits per heavy atom. The first-order chi connectivity index (χ1) is 15.6. The monoisotopic (exact) mass is 441 g/mol. The second-order valence-electron chi connectivity index (χ2n) is 8.94. The van der Waals surface area contributed by atoms with Crippen LogP contribution >= 0.6 is 0 Å². The third kappa shape index (κ3) is 7.24. The van der Waals surface area contributed by atoms with E-state index in [0.717, 1.165) is 62.5 Å². The van der Waals surface area contributed by atoms with Gasteiger partial charge in [-0.2, -0.15) is 0 Å². The lowest BCUT2D eigenvalue weighted by atomic mass is 9.88. The maximum atomic E-state index is 12.8. The number of benzene rings is 1. The minimum atomic E-state index is 0.0458. The summed E-state index contributed by atoms with van der Waals surface area (Å²) in [5.74, 6) is 1.41. The molecule has 1 aromatic carbocycles. The van der Waals surface area contributed by atoms with Crippen molar-refractivity contribution < 1.29 is 9.59 Å². The van der Waals surface area contributed by atoms with Crippen LogP contribution in [0.3, 0.4) is 0 Å². The van der Waals surface area contributed by atoms with Gasteiger partial charge in [0, 0.05) is 43.7 Å². The number of guanidine groups is 1. The van der Waals surface area contributed by atoms with E-state index in [1.165, 1.54) is 19.3 Å². The van der Waals surface area contributed by atoms with Crippen molar-refractivity contribution in [2.75, 3.05) is 25.0 Å². The van der Waals surface area contributed by atoms with E-state index < -0.39 is 0 Å². The normalized spacial score (nSPS) is 19.6. The Morgan fingerprint density at radius 3 is 2.50 bits per heavy atom. The average Bonchev–Trinajstić information content (AvgIpc) is 3.27. The molecule has 1 saturated heterocycles.